The first kappa shape index (κ1) is 18.5. The van der Waals surface area contributed by atoms with E-state index in [1.807, 2.05) is 20.8 Å². The fourth-order valence-electron chi connectivity index (χ4n) is 3.03. The van der Waals surface area contributed by atoms with E-state index in [0.29, 0.717) is 17.0 Å². The van der Waals surface area contributed by atoms with Crippen molar-refractivity contribution in [3.8, 4) is 11.4 Å². The molecule has 3 rings (SSSR count). The van der Waals surface area contributed by atoms with Gasteiger partial charge in [0, 0.05) is 29.4 Å². The number of carbonyl (C=O) groups is 1. The molecule has 7 nitrogen and oxygen atoms in total. The first-order valence-electron chi connectivity index (χ1n) is 8.53. The Morgan fingerprint density at radius 3 is 2.74 bits per heavy atom. The molecule has 8 heteroatoms. The molecule has 0 saturated carbocycles. The van der Waals surface area contributed by atoms with Crippen LogP contribution in [0.25, 0.3) is 11.4 Å². The van der Waals surface area contributed by atoms with Gasteiger partial charge in [0.1, 0.15) is 0 Å². The van der Waals surface area contributed by atoms with Gasteiger partial charge in [-0.15, -0.1) is 0 Å². The summed E-state index contributed by atoms with van der Waals surface area (Å²) >= 11 is 0. The van der Waals surface area contributed by atoms with Crippen molar-refractivity contribution < 1.29 is 9.18 Å². The molecule has 0 unspecified atom stereocenters. The van der Waals surface area contributed by atoms with Gasteiger partial charge in [-0.1, -0.05) is 12.1 Å². The molecule has 2 aromatic heterocycles. The number of aryl methyl sites for hydroxylation is 2. The number of benzene rings is 1. The Bertz CT molecular complexity index is 965. The van der Waals surface area contributed by atoms with Crippen LogP contribution in [0.1, 0.15) is 40.3 Å². The highest BCUT2D eigenvalue weighted by Gasteiger charge is 2.18. The van der Waals surface area contributed by atoms with E-state index < -0.39 is 5.82 Å². The van der Waals surface area contributed by atoms with Gasteiger partial charge >= 0.3 is 0 Å². The normalized spacial score (nSPS) is 11.9. The van der Waals surface area contributed by atoms with Crippen LogP contribution in [-0.2, 0) is 0 Å². The second-order valence-corrected chi connectivity index (χ2v) is 6.26. The minimum absolute atomic E-state index is 0.106. The molecule has 0 aliphatic rings. The third kappa shape index (κ3) is 3.79. The van der Waals surface area contributed by atoms with Crippen LogP contribution in [0.4, 0.5) is 10.2 Å². The van der Waals surface area contributed by atoms with Gasteiger partial charge in [0.05, 0.1) is 17.9 Å². The topological polar surface area (TPSA) is 95.6 Å². The molecule has 0 saturated heterocycles. The van der Waals surface area contributed by atoms with Crippen molar-refractivity contribution in [2.75, 3.05) is 12.4 Å². The van der Waals surface area contributed by atoms with E-state index >= 15 is 0 Å². The number of rotatable bonds is 5. The monoisotopic (exact) mass is 368 g/mol. The summed E-state index contributed by atoms with van der Waals surface area (Å²) in [5.41, 5.74) is 3.85. The molecule has 0 spiro atoms. The molecular weight excluding hydrogens is 347 g/mol. The van der Waals surface area contributed by atoms with Gasteiger partial charge < -0.3 is 10.6 Å². The highest BCUT2D eigenvalue weighted by Crippen LogP contribution is 2.22. The van der Waals surface area contributed by atoms with E-state index in [2.05, 4.69) is 30.8 Å². The number of halogens is 1. The van der Waals surface area contributed by atoms with Crippen molar-refractivity contribution in [1.29, 1.82) is 0 Å². The minimum atomic E-state index is -0.533. The Morgan fingerprint density at radius 1 is 1.30 bits per heavy atom. The van der Waals surface area contributed by atoms with Crippen LogP contribution in [0.15, 0.2) is 30.5 Å². The fourth-order valence-corrected chi connectivity index (χ4v) is 3.03. The summed E-state index contributed by atoms with van der Waals surface area (Å²) in [6.07, 6.45) is 1.10. The van der Waals surface area contributed by atoms with Gasteiger partial charge in [0.2, 0.25) is 0 Å². The summed E-state index contributed by atoms with van der Waals surface area (Å²) in [5, 5.41) is 12.7. The Hall–Kier alpha value is -3.29. The molecule has 0 aliphatic heterocycles. The number of aromatic amines is 1. The van der Waals surface area contributed by atoms with Crippen LogP contribution in [-0.4, -0.2) is 33.1 Å². The van der Waals surface area contributed by atoms with E-state index in [1.54, 1.807) is 31.3 Å². The minimum Gasteiger partial charge on any atom is -0.371 e. The largest absolute Gasteiger partial charge is 0.371 e. The molecule has 3 aromatic rings. The Labute approximate surface area is 156 Å². The predicted molar refractivity (Wildman–Crippen MR) is 101 cm³/mol. The summed E-state index contributed by atoms with van der Waals surface area (Å²) in [4.78, 5) is 20.8. The average Bonchev–Trinajstić information content (AvgIpc) is 3.00. The van der Waals surface area contributed by atoms with Crippen molar-refractivity contribution in [2.24, 2.45) is 0 Å². The van der Waals surface area contributed by atoms with Crippen LogP contribution >= 0.6 is 0 Å². The second-order valence-electron chi connectivity index (χ2n) is 6.26. The van der Waals surface area contributed by atoms with Crippen molar-refractivity contribution in [1.82, 2.24) is 25.5 Å². The zero-order chi connectivity index (χ0) is 19.6. The molecule has 140 valence electrons. The lowest BCUT2D eigenvalue weighted by Crippen LogP contribution is -2.27. The lowest BCUT2D eigenvalue weighted by Gasteiger charge is -2.15. The Kier molecular flexibility index (Phi) is 5.16. The molecular formula is C19H21FN6O. The first-order valence-corrected chi connectivity index (χ1v) is 8.53. The van der Waals surface area contributed by atoms with Crippen LogP contribution in [0.3, 0.4) is 0 Å². The smallest absolute Gasteiger partial charge is 0.251 e. The summed E-state index contributed by atoms with van der Waals surface area (Å²) in [6, 6.07) is 6.72. The van der Waals surface area contributed by atoms with Crippen molar-refractivity contribution >= 4 is 11.7 Å². The molecule has 0 fully saturated rings. The summed E-state index contributed by atoms with van der Waals surface area (Å²) < 4.78 is 13.6. The van der Waals surface area contributed by atoms with E-state index in [4.69, 9.17) is 0 Å². The zero-order valence-electron chi connectivity index (χ0n) is 15.6. The van der Waals surface area contributed by atoms with Gasteiger partial charge in [-0.25, -0.2) is 14.4 Å². The number of nitrogens with one attached hydrogen (secondary N) is 3. The van der Waals surface area contributed by atoms with Crippen LogP contribution in [0.5, 0.6) is 0 Å². The Morgan fingerprint density at radius 2 is 2.07 bits per heavy atom. The van der Waals surface area contributed by atoms with Gasteiger partial charge in [0.25, 0.3) is 5.91 Å². The number of anilines is 1. The molecule has 0 radical (unpaired) electrons. The van der Waals surface area contributed by atoms with Crippen LogP contribution in [0, 0.1) is 19.7 Å². The number of aromatic nitrogens is 4. The molecule has 3 N–H and O–H groups in total. The summed E-state index contributed by atoms with van der Waals surface area (Å²) in [6.45, 7) is 5.73. The molecule has 1 amide bonds. The van der Waals surface area contributed by atoms with E-state index in [1.165, 1.54) is 0 Å². The predicted octanol–water partition coefficient (Wildman–Crippen LogP) is 3.16. The second kappa shape index (κ2) is 7.53. The van der Waals surface area contributed by atoms with Crippen LogP contribution in [0.2, 0.25) is 0 Å². The summed E-state index contributed by atoms with van der Waals surface area (Å²) in [7, 11) is 1.58. The number of carbonyl (C=O) groups excluding carboxylic acids is 1. The SMILES string of the molecule is CNc1nc(-c2cccc(C(=O)N[C@@H](C)c3c(C)n[nH]c3C)c2)ncc1F. The first-order chi connectivity index (χ1) is 12.9. The highest BCUT2D eigenvalue weighted by molar-refractivity contribution is 5.95. The maximum atomic E-state index is 13.6. The van der Waals surface area contributed by atoms with Crippen molar-refractivity contribution in [2.45, 2.75) is 26.8 Å². The summed E-state index contributed by atoms with van der Waals surface area (Å²) in [5.74, 6) is -0.311. The molecule has 0 bridgehead atoms. The highest BCUT2D eigenvalue weighted by atomic mass is 19.1. The zero-order valence-corrected chi connectivity index (χ0v) is 15.6. The maximum Gasteiger partial charge on any atom is 0.251 e. The number of hydrogen-bond acceptors (Lipinski definition) is 5. The molecule has 27 heavy (non-hydrogen) atoms. The van der Waals surface area contributed by atoms with E-state index in [0.717, 1.165) is 23.1 Å². The van der Waals surface area contributed by atoms with Gasteiger partial charge in [-0.2, -0.15) is 5.10 Å². The lowest BCUT2D eigenvalue weighted by atomic mass is 10.1. The molecule has 0 aliphatic carbocycles. The quantitative estimate of drug-likeness (QED) is 0.643. The van der Waals surface area contributed by atoms with Gasteiger partial charge in [-0.3, -0.25) is 9.89 Å². The average molecular weight is 368 g/mol. The molecule has 2 heterocycles. The van der Waals surface area contributed by atoms with Crippen molar-refractivity contribution in [3.63, 3.8) is 0 Å². The molecule has 1 aromatic carbocycles. The van der Waals surface area contributed by atoms with Gasteiger partial charge in [-0.05, 0) is 32.9 Å². The number of nitrogens with zero attached hydrogens (tertiary/aromatic N) is 3. The maximum absolute atomic E-state index is 13.6. The number of H-pyrrole nitrogens is 1. The van der Waals surface area contributed by atoms with E-state index in [-0.39, 0.29) is 17.8 Å². The fraction of sp³-hybridized carbons (Fsp3) is 0.263. The number of amides is 1. The van der Waals surface area contributed by atoms with Crippen LogP contribution < -0.4 is 10.6 Å². The van der Waals surface area contributed by atoms with Crippen molar-refractivity contribution in [3.05, 3.63) is 58.8 Å². The van der Waals surface area contributed by atoms with E-state index in [9.17, 15) is 9.18 Å². The van der Waals surface area contributed by atoms with Gasteiger partial charge in [0.15, 0.2) is 17.5 Å². The lowest BCUT2D eigenvalue weighted by molar-refractivity contribution is 0.0940. The standard InChI is InChI=1S/C19H21FN6O/c1-10(16-11(2)25-26-12(16)3)23-19(27)14-7-5-6-13(8-14)17-22-9-15(20)18(21-4)24-17/h5-10H,1-4H3,(H,23,27)(H,25,26)(H,21,22,24)/t10-/m0/s1. The Balaban J connectivity index is 1.84. The number of hydrogen-bond donors (Lipinski definition) is 3. The molecule has 1 atom stereocenters. The third-order valence-corrected chi connectivity index (χ3v) is 4.33. The third-order valence-electron chi connectivity index (χ3n) is 4.33.